The van der Waals surface area contributed by atoms with Crippen LogP contribution in [0.15, 0.2) is 54.6 Å². The second kappa shape index (κ2) is 7.35. The van der Waals surface area contributed by atoms with Crippen molar-refractivity contribution >= 4 is 21.5 Å². The smallest absolute Gasteiger partial charge is 0.206 e. The third kappa shape index (κ3) is 3.40. The summed E-state index contributed by atoms with van der Waals surface area (Å²) in [6.07, 6.45) is -3.50. The van der Waals surface area contributed by atoms with E-state index in [2.05, 4.69) is 0 Å². The maximum absolute atomic E-state index is 14.8. The average molecular weight is 418 g/mol. The highest BCUT2D eigenvalue weighted by molar-refractivity contribution is 6.09. The van der Waals surface area contributed by atoms with Crippen molar-refractivity contribution in [1.29, 1.82) is 0 Å². The first-order valence-corrected chi connectivity index (χ1v) is 9.41. The van der Waals surface area contributed by atoms with E-state index in [4.69, 9.17) is 0 Å². The first-order chi connectivity index (χ1) is 14.2. The molecule has 0 aliphatic heterocycles. The minimum Gasteiger partial charge on any atom is -0.206 e. The quantitative estimate of drug-likeness (QED) is 0.233. The van der Waals surface area contributed by atoms with Crippen LogP contribution in [0.25, 0.3) is 32.7 Å². The Morgan fingerprint density at radius 2 is 1.30 bits per heavy atom. The van der Waals surface area contributed by atoms with Crippen molar-refractivity contribution in [1.82, 2.24) is 0 Å². The van der Waals surface area contributed by atoms with Crippen molar-refractivity contribution in [3.63, 3.8) is 0 Å². The van der Waals surface area contributed by atoms with Gasteiger partial charge in [0.1, 0.15) is 17.5 Å². The lowest BCUT2D eigenvalue weighted by Gasteiger charge is -2.12. The first-order valence-electron chi connectivity index (χ1n) is 9.41. The van der Waals surface area contributed by atoms with Crippen molar-refractivity contribution in [3.05, 3.63) is 83.2 Å². The Morgan fingerprint density at radius 3 is 1.97 bits per heavy atom. The summed E-state index contributed by atoms with van der Waals surface area (Å²) in [7, 11) is 0. The molecule has 0 unspecified atom stereocenters. The number of hydrogen-bond acceptors (Lipinski definition) is 0. The van der Waals surface area contributed by atoms with E-state index in [1.165, 1.54) is 6.07 Å². The molecule has 0 nitrogen and oxygen atoms in total. The molecule has 0 fully saturated rings. The summed E-state index contributed by atoms with van der Waals surface area (Å²) < 4.78 is 81.9. The minimum atomic E-state index is -4.79. The molecule has 4 rings (SSSR count). The second-order valence-electron chi connectivity index (χ2n) is 7.19. The summed E-state index contributed by atoms with van der Waals surface area (Å²) >= 11 is 0. The van der Waals surface area contributed by atoms with E-state index in [0.29, 0.717) is 34.4 Å². The van der Waals surface area contributed by atoms with Crippen LogP contribution in [-0.2, 0) is 12.6 Å². The predicted molar refractivity (Wildman–Crippen MR) is 106 cm³/mol. The Morgan fingerprint density at radius 1 is 0.667 bits per heavy atom. The van der Waals surface area contributed by atoms with Gasteiger partial charge in [-0.15, -0.1) is 0 Å². The van der Waals surface area contributed by atoms with Crippen LogP contribution in [0.5, 0.6) is 0 Å². The molecular formula is C24H16F6. The summed E-state index contributed by atoms with van der Waals surface area (Å²) in [5.41, 5.74) is -0.300. The van der Waals surface area contributed by atoms with E-state index in [-0.39, 0.29) is 16.3 Å². The fourth-order valence-corrected chi connectivity index (χ4v) is 3.76. The minimum absolute atomic E-state index is 0.180. The van der Waals surface area contributed by atoms with Crippen LogP contribution in [0.1, 0.15) is 24.5 Å². The van der Waals surface area contributed by atoms with Crippen LogP contribution in [-0.4, -0.2) is 0 Å². The zero-order valence-corrected chi connectivity index (χ0v) is 15.9. The van der Waals surface area contributed by atoms with Crippen LogP contribution in [0.3, 0.4) is 0 Å². The zero-order valence-electron chi connectivity index (χ0n) is 15.9. The Labute approximate surface area is 168 Å². The lowest BCUT2D eigenvalue weighted by atomic mass is 9.94. The van der Waals surface area contributed by atoms with Gasteiger partial charge >= 0.3 is 6.18 Å². The lowest BCUT2D eigenvalue weighted by molar-refractivity contribution is -0.139. The summed E-state index contributed by atoms with van der Waals surface area (Å²) in [5, 5.41) is 1.37. The fraction of sp³-hybridized carbons (Fsp3) is 0.167. The predicted octanol–water partition coefficient (Wildman–Crippen LogP) is 8.05. The molecule has 0 bridgehead atoms. The van der Waals surface area contributed by atoms with E-state index in [9.17, 15) is 26.3 Å². The van der Waals surface area contributed by atoms with E-state index < -0.39 is 29.2 Å². The van der Waals surface area contributed by atoms with Gasteiger partial charge in [-0.1, -0.05) is 43.7 Å². The highest BCUT2D eigenvalue weighted by Crippen LogP contribution is 2.36. The highest BCUT2D eigenvalue weighted by Gasteiger charge is 2.34. The van der Waals surface area contributed by atoms with Crippen LogP contribution < -0.4 is 0 Å². The first kappa shape index (κ1) is 20.3. The number of aryl methyl sites for hydroxylation is 1. The molecule has 0 atom stereocenters. The highest BCUT2D eigenvalue weighted by atomic mass is 19.4. The van der Waals surface area contributed by atoms with Crippen LogP contribution in [0, 0.1) is 17.5 Å². The van der Waals surface area contributed by atoms with Crippen LogP contribution in [0.2, 0.25) is 0 Å². The summed E-state index contributed by atoms with van der Waals surface area (Å²) in [6.45, 7) is 1.93. The monoisotopic (exact) mass is 418 g/mol. The molecule has 4 aromatic rings. The van der Waals surface area contributed by atoms with Crippen molar-refractivity contribution in [3.8, 4) is 11.1 Å². The van der Waals surface area contributed by atoms with Crippen LogP contribution >= 0.6 is 0 Å². The number of fused-ring (bicyclic) bond motifs is 3. The molecule has 0 saturated carbocycles. The topological polar surface area (TPSA) is 0 Å². The average Bonchev–Trinajstić information content (AvgIpc) is 2.69. The van der Waals surface area contributed by atoms with Gasteiger partial charge in [-0.25, -0.2) is 13.2 Å². The summed E-state index contributed by atoms with van der Waals surface area (Å²) in [5.74, 6) is -2.51. The molecule has 4 aromatic carbocycles. The van der Waals surface area contributed by atoms with Gasteiger partial charge in [0, 0.05) is 10.8 Å². The van der Waals surface area contributed by atoms with Crippen molar-refractivity contribution in [2.24, 2.45) is 0 Å². The van der Waals surface area contributed by atoms with E-state index in [1.807, 2.05) is 6.92 Å². The number of halogens is 6. The van der Waals surface area contributed by atoms with Gasteiger partial charge in [-0.2, -0.15) is 13.2 Å². The molecule has 0 N–H and O–H groups in total. The Hall–Kier alpha value is -3.02. The van der Waals surface area contributed by atoms with Crippen LogP contribution in [0.4, 0.5) is 26.3 Å². The van der Waals surface area contributed by atoms with Gasteiger partial charge < -0.3 is 0 Å². The van der Waals surface area contributed by atoms with E-state index in [0.717, 1.165) is 24.6 Å². The van der Waals surface area contributed by atoms with Gasteiger partial charge in [0.15, 0.2) is 0 Å². The number of hydrogen-bond donors (Lipinski definition) is 0. The molecular weight excluding hydrogens is 402 g/mol. The van der Waals surface area contributed by atoms with Crippen molar-refractivity contribution < 1.29 is 26.3 Å². The molecule has 0 aliphatic rings. The van der Waals surface area contributed by atoms with E-state index in [1.54, 1.807) is 24.3 Å². The molecule has 0 aliphatic carbocycles. The Balaban J connectivity index is 1.88. The van der Waals surface area contributed by atoms with Gasteiger partial charge in [-0.05, 0) is 58.1 Å². The van der Waals surface area contributed by atoms with Gasteiger partial charge in [0.05, 0.1) is 5.56 Å². The SMILES string of the molecule is CCCc1ccc2c(cc(F)c3cc(-c4ccc(C(F)(F)F)c(F)c4)ccc32)c1F. The standard InChI is InChI=1S/C24H16F6/c1-2-3-13-4-7-17-16-8-5-14(10-18(16)21(25)12-19(17)23(13)27)15-6-9-20(22(26)11-15)24(28,29)30/h4-12H,2-3H2,1H3. The molecule has 6 heteroatoms. The number of alkyl halides is 3. The maximum Gasteiger partial charge on any atom is 0.419 e. The van der Waals surface area contributed by atoms with Gasteiger partial charge in [0.25, 0.3) is 0 Å². The largest absolute Gasteiger partial charge is 0.419 e. The third-order valence-electron chi connectivity index (χ3n) is 5.23. The Bertz CT molecular complexity index is 1270. The molecule has 0 amide bonds. The summed E-state index contributed by atoms with van der Waals surface area (Å²) in [4.78, 5) is 0. The molecule has 30 heavy (non-hydrogen) atoms. The van der Waals surface area contributed by atoms with E-state index >= 15 is 0 Å². The lowest BCUT2D eigenvalue weighted by Crippen LogP contribution is -2.07. The second-order valence-corrected chi connectivity index (χ2v) is 7.19. The fourth-order valence-electron chi connectivity index (χ4n) is 3.76. The number of rotatable bonds is 3. The van der Waals surface area contributed by atoms with Gasteiger partial charge in [-0.3, -0.25) is 0 Å². The van der Waals surface area contributed by atoms with Crippen molar-refractivity contribution in [2.75, 3.05) is 0 Å². The number of benzene rings is 4. The van der Waals surface area contributed by atoms with Crippen molar-refractivity contribution in [2.45, 2.75) is 25.9 Å². The molecule has 0 spiro atoms. The Kier molecular flexibility index (Phi) is 4.96. The molecule has 154 valence electrons. The van der Waals surface area contributed by atoms with Gasteiger partial charge in [0.2, 0.25) is 0 Å². The normalized spacial score (nSPS) is 12.1. The summed E-state index contributed by atoms with van der Waals surface area (Å²) in [6, 6.07) is 11.7. The molecule has 0 radical (unpaired) electrons. The molecule has 0 saturated heterocycles. The molecule has 0 aromatic heterocycles. The zero-order chi connectivity index (χ0) is 21.6. The molecule has 0 heterocycles. The third-order valence-corrected chi connectivity index (χ3v) is 5.23. The maximum atomic E-state index is 14.8.